The fraction of sp³-hybridized carbons (Fsp3) is 0.276. The van der Waals surface area contributed by atoms with Gasteiger partial charge >= 0.3 is 5.97 Å². The summed E-state index contributed by atoms with van der Waals surface area (Å²) in [6.45, 7) is -0.361. The molecule has 2 aliphatic rings. The van der Waals surface area contributed by atoms with Crippen LogP contribution in [0.3, 0.4) is 0 Å². The zero-order valence-corrected chi connectivity index (χ0v) is 24.1. The molecule has 0 bridgehead atoms. The molecule has 3 heterocycles. The lowest BCUT2D eigenvalue weighted by atomic mass is 9.96. The highest BCUT2D eigenvalue weighted by Gasteiger charge is 2.37. The number of rotatable bonds is 8. The summed E-state index contributed by atoms with van der Waals surface area (Å²) in [5.74, 6) is 2.92. The van der Waals surface area contributed by atoms with E-state index in [-0.39, 0.29) is 41.3 Å². The van der Waals surface area contributed by atoms with E-state index in [0.29, 0.717) is 39.9 Å². The number of thiazole rings is 1. The van der Waals surface area contributed by atoms with Gasteiger partial charge in [-0.2, -0.15) is 5.10 Å². The van der Waals surface area contributed by atoms with Crippen molar-refractivity contribution in [2.75, 3.05) is 13.2 Å². The second kappa shape index (κ2) is 12.0. The Morgan fingerprint density at radius 2 is 1.98 bits per heavy atom. The number of hydrogen-bond acceptors (Lipinski definition) is 7. The van der Waals surface area contributed by atoms with E-state index in [2.05, 4.69) is 16.8 Å². The van der Waals surface area contributed by atoms with Crippen molar-refractivity contribution in [3.05, 3.63) is 81.5 Å². The summed E-state index contributed by atoms with van der Waals surface area (Å²) in [6.07, 6.45) is 2.83. The highest BCUT2D eigenvalue weighted by atomic mass is 32.2. The number of carbonyl (C=O) groups is 1. The lowest BCUT2D eigenvalue weighted by Gasteiger charge is -2.28. The number of nitrogens with zero attached hydrogens (tertiary/aromatic N) is 3. The normalized spacial score (nSPS) is 16.0. The first kappa shape index (κ1) is 30.6. The Kier molecular flexibility index (Phi) is 8.55. The van der Waals surface area contributed by atoms with Crippen molar-refractivity contribution < 1.29 is 37.5 Å². The van der Waals surface area contributed by atoms with E-state index in [1.807, 2.05) is 0 Å². The molecule has 224 valence electrons. The van der Waals surface area contributed by atoms with Gasteiger partial charge in [-0.3, -0.25) is 0 Å². The molecule has 14 heteroatoms. The van der Waals surface area contributed by atoms with Crippen molar-refractivity contribution in [3.8, 4) is 28.2 Å². The number of benzene rings is 2. The van der Waals surface area contributed by atoms with Crippen LogP contribution in [-0.4, -0.2) is 50.2 Å². The van der Waals surface area contributed by atoms with Gasteiger partial charge in [0.15, 0.2) is 22.5 Å². The highest BCUT2D eigenvalue weighted by Crippen LogP contribution is 2.38. The van der Waals surface area contributed by atoms with Crippen LogP contribution in [0, 0.1) is 29.4 Å². The fourth-order valence-corrected chi connectivity index (χ4v) is 5.94. The lowest BCUT2D eigenvalue weighted by molar-refractivity contribution is -0.0934. The maximum atomic E-state index is 14.8. The van der Waals surface area contributed by atoms with Crippen LogP contribution in [0.2, 0.25) is 0 Å². The molecular formula is C29H25F3N4O5S2. The van der Waals surface area contributed by atoms with Crippen molar-refractivity contribution in [1.82, 2.24) is 14.8 Å². The molecule has 1 saturated heterocycles. The molecule has 1 atom stereocenters. The zero-order chi connectivity index (χ0) is 29.6. The summed E-state index contributed by atoms with van der Waals surface area (Å²) in [5, 5.41) is 21.4. The molecule has 1 unspecified atom stereocenters. The second-order valence-corrected chi connectivity index (χ2v) is 12.3. The molecule has 0 amide bonds. The monoisotopic (exact) mass is 630 g/mol. The van der Waals surface area contributed by atoms with Crippen molar-refractivity contribution >= 4 is 28.3 Å². The van der Waals surface area contributed by atoms with Gasteiger partial charge in [-0.1, -0.05) is 22.1 Å². The van der Waals surface area contributed by atoms with E-state index >= 15 is 0 Å². The predicted octanol–water partition coefficient (Wildman–Crippen LogP) is 4.36. The van der Waals surface area contributed by atoms with Gasteiger partial charge in [0.05, 0.1) is 30.2 Å². The van der Waals surface area contributed by atoms with E-state index in [1.165, 1.54) is 35.7 Å². The number of carboxylic acids is 1. The Balaban J connectivity index is 0.00000368. The number of alkyl halides is 1. The van der Waals surface area contributed by atoms with Crippen LogP contribution >= 0.6 is 11.3 Å². The van der Waals surface area contributed by atoms with Gasteiger partial charge in [-0.25, -0.2) is 27.6 Å². The average molecular weight is 631 g/mol. The van der Waals surface area contributed by atoms with E-state index in [4.69, 9.17) is 15.0 Å². The van der Waals surface area contributed by atoms with Crippen LogP contribution in [-0.2, 0) is 32.8 Å². The SMILES string of the molecule is N[SH+](=O)c1ccc(Cc2c(-c3ccc(F)c(C#CC4(F)COC4)c3)nn(-c3nc(C(=O)O)cs3)c2CC2CC2)cc1F.[OH-]. The molecule has 4 N–H and O–H groups in total. The number of thiol groups is 1. The smallest absolute Gasteiger partial charge is 0.355 e. The van der Waals surface area contributed by atoms with Crippen LogP contribution in [0.15, 0.2) is 46.7 Å². The summed E-state index contributed by atoms with van der Waals surface area (Å²) in [4.78, 5) is 15.7. The van der Waals surface area contributed by atoms with Crippen LogP contribution < -0.4 is 5.14 Å². The first-order valence-electron chi connectivity index (χ1n) is 13.0. The topological polar surface area (TPSA) is 150 Å². The Morgan fingerprint density at radius 1 is 1.21 bits per heavy atom. The van der Waals surface area contributed by atoms with Crippen molar-refractivity contribution in [3.63, 3.8) is 0 Å². The lowest BCUT2D eigenvalue weighted by Crippen LogP contribution is -2.44. The minimum Gasteiger partial charge on any atom is -0.870 e. The number of ether oxygens (including phenoxy) is 1. The Bertz CT molecular complexity index is 1810. The van der Waals surface area contributed by atoms with Crippen LogP contribution in [0.25, 0.3) is 16.4 Å². The quantitative estimate of drug-likeness (QED) is 0.167. The van der Waals surface area contributed by atoms with Crippen LogP contribution in [0.1, 0.15) is 45.7 Å². The molecule has 4 aromatic rings. The molecule has 0 radical (unpaired) electrons. The number of aromatic nitrogens is 3. The molecule has 0 spiro atoms. The molecule has 2 fully saturated rings. The molecule has 43 heavy (non-hydrogen) atoms. The molecule has 1 aliphatic carbocycles. The predicted molar refractivity (Wildman–Crippen MR) is 153 cm³/mol. The van der Waals surface area contributed by atoms with Gasteiger partial charge in [0.2, 0.25) is 15.7 Å². The first-order valence-corrected chi connectivity index (χ1v) is 15.2. The molecule has 2 aromatic heterocycles. The second-order valence-electron chi connectivity index (χ2n) is 10.3. The van der Waals surface area contributed by atoms with Gasteiger partial charge in [0.1, 0.15) is 5.82 Å². The van der Waals surface area contributed by atoms with Gasteiger partial charge in [-0.05, 0) is 61.1 Å². The highest BCUT2D eigenvalue weighted by molar-refractivity contribution is 7.82. The summed E-state index contributed by atoms with van der Waals surface area (Å²) in [6, 6.07) is 8.53. The Labute approximate surface area is 250 Å². The van der Waals surface area contributed by atoms with Gasteiger partial charge < -0.3 is 15.3 Å². The minimum absolute atomic E-state index is 0. The molecular weight excluding hydrogens is 605 g/mol. The maximum Gasteiger partial charge on any atom is 0.355 e. The van der Waals surface area contributed by atoms with E-state index in [9.17, 15) is 27.3 Å². The first-order chi connectivity index (χ1) is 20.1. The third-order valence-corrected chi connectivity index (χ3v) is 8.77. The van der Waals surface area contributed by atoms with E-state index in [1.54, 1.807) is 10.7 Å². The van der Waals surface area contributed by atoms with Crippen LogP contribution in [0.5, 0.6) is 0 Å². The number of carboxylic acid groups (broad SMARTS) is 1. The van der Waals surface area contributed by atoms with Gasteiger partial charge in [0.25, 0.3) is 0 Å². The minimum atomic E-state index is -2.36. The van der Waals surface area contributed by atoms with Crippen LogP contribution in [0.4, 0.5) is 13.2 Å². The molecule has 9 nitrogen and oxygen atoms in total. The molecule has 1 saturated carbocycles. The number of halogens is 3. The van der Waals surface area contributed by atoms with Crippen molar-refractivity contribution in [2.24, 2.45) is 11.1 Å². The average Bonchev–Trinajstić information content (AvgIpc) is 3.49. The number of hydrogen-bond donors (Lipinski definition) is 2. The van der Waals surface area contributed by atoms with Gasteiger partial charge in [0, 0.05) is 22.9 Å². The molecule has 1 aliphatic heterocycles. The third-order valence-electron chi connectivity index (χ3n) is 7.11. The number of nitrogens with two attached hydrogens (primary N) is 1. The van der Waals surface area contributed by atoms with E-state index < -0.39 is 34.3 Å². The standard InChI is InChI=1S/C29H23F3N4O4S2.H2O/c30-21-5-4-19(12-18(21)7-8-29(32)14-40-15-29)26-20(9-17-3-6-25(42(33)39)22(31)10-17)24(11-16-1-2-16)36(35-26)28-34-23(13-41-28)27(37)38;/h3-6,10,12-13,16H,1-2,9,11,14-15H2,(H2,33,39)(H,37,38);1H2. The zero-order valence-electron chi connectivity index (χ0n) is 22.4. The summed E-state index contributed by atoms with van der Waals surface area (Å²) >= 11 is 1.12. The third kappa shape index (κ3) is 6.41. The summed E-state index contributed by atoms with van der Waals surface area (Å²) in [5.41, 5.74) is 0.979. The van der Waals surface area contributed by atoms with E-state index in [0.717, 1.165) is 29.9 Å². The maximum absolute atomic E-state index is 14.8. The fourth-order valence-electron chi connectivity index (χ4n) is 4.67. The summed E-state index contributed by atoms with van der Waals surface area (Å²) in [7, 11) is -2.36. The molecule has 6 rings (SSSR count). The largest absolute Gasteiger partial charge is 0.870 e. The van der Waals surface area contributed by atoms with Gasteiger partial charge in [-0.15, -0.1) is 16.5 Å². The molecule has 2 aromatic carbocycles. The Hall–Kier alpha value is -3.87. The number of aromatic carboxylic acids is 1. The summed E-state index contributed by atoms with van der Waals surface area (Å²) < 4.78 is 62.2. The van der Waals surface area contributed by atoms with Crippen molar-refractivity contribution in [1.29, 1.82) is 0 Å². The Morgan fingerprint density at radius 3 is 2.58 bits per heavy atom. The van der Waals surface area contributed by atoms with Crippen molar-refractivity contribution in [2.45, 2.75) is 36.2 Å².